The summed E-state index contributed by atoms with van der Waals surface area (Å²) in [7, 11) is 3.87. The second-order valence-corrected chi connectivity index (χ2v) is 5.39. The molecule has 114 valence electrons. The molecule has 1 aromatic heterocycles. The Kier molecular flexibility index (Phi) is 4.74. The van der Waals surface area contributed by atoms with Gasteiger partial charge in [0.25, 0.3) is 5.91 Å². The lowest BCUT2D eigenvalue weighted by molar-refractivity contribution is 0.0638. The highest BCUT2D eigenvalue weighted by Gasteiger charge is 2.25. The maximum atomic E-state index is 12.4. The van der Waals surface area contributed by atoms with E-state index in [2.05, 4.69) is 22.1 Å². The highest BCUT2D eigenvalue weighted by Crippen LogP contribution is 2.15. The predicted octanol–water partition coefficient (Wildman–Crippen LogP) is 0.342. The van der Waals surface area contributed by atoms with E-state index in [-0.39, 0.29) is 17.8 Å². The number of aromatic nitrogens is 1. The van der Waals surface area contributed by atoms with E-state index in [1.165, 1.54) is 6.20 Å². The Morgan fingerprint density at radius 1 is 1.57 bits per heavy atom. The van der Waals surface area contributed by atoms with Crippen molar-refractivity contribution in [3.05, 3.63) is 29.6 Å². The summed E-state index contributed by atoms with van der Waals surface area (Å²) in [5.41, 5.74) is 6.31. The van der Waals surface area contributed by atoms with Crippen LogP contribution in [0.15, 0.2) is 23.5 Å². The van der Waals surface area contributed by atoms with Crippen LogP contribution in [0.3, 0.4) is 0 Å². The summed E-state index contributed by atoms with van der Waals surface area (Å²) in [6.45, 7) is 1.95. The molecule has 7 nitrogen and oxygen atoms in total. The molecule has 0 aliphatic carbocycles. The largest absolute Gasteiger partial charge is 0.409 e. The van der Waals surface area contributed by atoms with Crippen molar-refractivity contribution >= 4 is 11.7 Å². The standard InChI is InChI=1S/C14H21N5O2/c1-18-7-3-4-11(9-18)19(2)14(20)12-6-5-10(8-16-12)13(15)17-21/h5-6,8,11,21H,3-4,7,9H2,1-2H3,(H2,15,17). The van der Waals surface area contributed by atoms with Crippen molar-refractivity contribution in [2.45, 2.75) is 18.9 Å². The van der Waals surface area contributed by atoms with Crippen LogP contribution in [0.1, 0.15) is 28.9 Å². The van der Waals surface area contributed by atoms with Crippen LogP contribution in [0.5, 0.6) is 0 Å². The second-order valence-electron chi connectivity index (χ2n) is 5.39. The maximum absolute atomic E-state index is 12.4. The van der Waals surface area contributed by atoms with Crippen LogP contribution in [0.4, 0.5) is 0 Å². The molecule has 2 heterocycles. The third-order valence-corrected chi connectivity index (χ3v) is 3.85. The molecule has 1 amide bonds. The Bertz CT molecular complexity index is 529. The number of hydrogen-bond acceptors (Lipinski definition) is 5. The molecule has 0 radical (unpaired) electrons. The van der Waals surface area contributed by atoms with Gasteiger partial charge in [-0.05, 0) is 38.6 Å². The van der Waals surface area contributed by atoms with Gasteiger partial charge in [0, 0.05) is 31.4 Å². The molecular weight excluding hydrogens is 270 g/mol. The van der Waals surface area contributed by atoms with Gasteiger partial charge in [0.1, 0.15) is 5.69 Å². The molecule has 1 aliphatic rings. The second kappa shape index (κ2) is 6.53. The van der Waals surface area contributed by atoms with Gasteiger partial charge in [-0.1, -0.05) is 5.16 Å². The molecule has 1 saturated heterocycles. The van der Waals surface area contributed by atoms with Gasteiger partial charge in [-0.15, -0.1) is 0 Å². The quantitative estimate of drug-likeness (QED) is 0.362. The molecule has 0 spiro atoms. The van der Waals surface area contributed by atoms with Crippen LogP contribution in [0.25, 0.3) is 0 Å². The molecular formula is C14H21N5O2. The first-order chi connectivity index (χ1) is 10.0. The van der Waals surface area contributed by atoms with Gasteiger partial charge in [0.05, 0.1) is 0 Å². The normalized spacial score (nSPS) is 20.3. The van der Waals surface area contributed by atoms with Gasteiger partial charge in [-0.2, -0.15) is 0 Å². The lowest BCUT2D eigenvalue weighted by Gasteiger charge is -2.35. The zero-order chi connectivity index (χ0) is 15.4. The molecule has 1 fully saturated rings. The molecule has 21 heavy (non-hydrogen) atoms. The molecule has 1 aromatic rings. The number of amidine groups is 1. The average Bonchev–Trinajstić information content (AvgIpc) is 2.53. The Morgan fingerprint density at radius 2 is 2.33 bits per heavy atom. The van der Waals surface area contributed by atoms with Crippen molar-refractivity contribution in [2.75, 3.05) is 27.2 Å². The van der Waals surface area contributed by atoms with Crippen LogP contribution < -0.4 is 5.73 Å². The number of likely N-dealkylation sites (N-methyl/N-ethyl adjacent to an activating group) is 2. The fraction of sp³-hybridized carbons (Fsp3) is 0.500. The first kappa shape index (κ1) is 15.2. The Hall–Kier alpha value is -2.15. The van der Waals surface area contributed by atoms with E-state index in [9.17, 15) is 4.79 Å². The van der Waals surface area contributed by atoms with Crippen molar-refractivity contribution in [2.24, 2.45) is 10.9 Å². The van der Waals surface area contributed by atoms with E-state index in [0.29, 0.717) is 11.3 Å². The molecule has 7 heteroatoms. The van der Waals surface area contributed by atoms with Crippen molar-refractivity contribution in [1.29, 1.82) is 0 Å². The molecule has 0 bridgehead atoms. The Morgan fingerprint density at radius 3 is 2.90 bits per heavy atom. The number of carbonyl (C=O) groups excluding carboxylic acids is 1. The van der Waals surface area contributed by atoms with Crippen LogP contribution in [0, 0.1) is 0 Å². The van der Waals surface area contributed by atoms with Gasteiger partial charge >= 0.3 is 0 Å². The lowest BCUT2D eigenvalue weighted by Crippen LogP contribution is -2.47. The highest BCUT2D eigenvalue weighted by atomic mass is 16.4. The monoisotopic (exact) mass is 291 g/mol. The van der Waals surface area contributed by atoms with E-state index < -0.39 is 0 Å². The number of rotatable bonds is 3. The molecule has 0 aromatic carbocycles. The minimum atomic E-state index is -0.110. The SMILES string of the molecule is CN1CCCC(N(C)C(=O)c2ccc(C(N)=NO)cn2)C1. The predicted molar refractivity (Wildman–Crippen MR) is 79.4 cm³/mol. The summed E-state index contributed by atoms with van der Waals surface area (Å²) in [6.07, 6.45) is 3.53. The summed E-state index contributed by atoms with van der Waals surface area (Å²) in [5, 5.41) is 11.5. The summed E-state index contributed by atoms with van der Waals surface area (Å²) < 4.78 is 0. The highest BCUT2D eigenvalue weighted by molar-refractivity contribution is 5.98. The van der Waals surface area contributed by atoms with Crippen LogP contribution in [-0.4, -0.2) is 65.0 Å². The smallest absolute Gasteiger partial charge is 0.272 e. The summed E-state index contributed by atoms with van der Waals surface area (Å²) >= 11 is 0. The van der Waals surface area contributed by atoms with Crippen LogP contribution >= 0.6 is 0 Å². The minimum Gasteiger partial charge on any atom is -0.409 e. The summed E-state index contributed by atoms with van der Waals surface area (Å²) in [6, 6.07) is 3.43. The number of likely N-dealkylation sites (tertiary alicyclic amines) is 1. The third kappa shape index (κ3) is 3.49. The zero-order valence-electron chi connectivity index (χ0n) is 12.4. The number of nitrogens with two attached hydrogens (primary N) is 1. The van der Waals surface area contributed by atoms with E-state index in [0.717, 1.165) is 25.9 Å². The number of carbonyl (C=O) groups is 1. The average molecular weight is 291 g/mol. The van der Waals surface area contributed by atoms with E-state index in [4.69, 9.17) is 10.9 Å². The molecule has 0 saturated carbocycles. The van der Waals surface area contributed by atoms with Crippen molar-refractivity contribution in [3.63, 3.8) is 0 Å². The Balaban J connectivity index is 2.08. The van der Waals surface area contributed by atoms with Crippen molar-refractivity contribution in [1.82, 2.24) is 14.8 Å². The topological polar surface area (TPSA) is 95.0 Å². The first-order valence-electron chi connectivity index (χ1n) is 6.92. The van der Waals surface area contributed by atoms with E-state index >= 15 is 0 Å². The molecule has 1 atom stereocenters. The third-order valence-electron chi connectivity index (χ3n) is 3.85. The zero-order valence-corrected chi connectivity index (χ0v) is 12.4. The van der Waals surface area contributed by atoms with Gasteiger partial charge in [-0.3, -0.25) is 9.78 Å². The number of pyridine rings is 1. The van der Waals surface area contributed by atoms with Crippen molar-refractivity contribution in [3.8, 4) is 0 Å². The van der Waals surface area contributed by atoms with Gasteiger partial charge < -0.3 is 20.7 Å². The van der Waals surface area contributed by atoms with Gasteiger partial charge in [-0.25, -0.2) is 0 Å². The summed E-state index contributed by atoms with van der Waals surface area (Å²) in [4.78, 5) is 20.5. The fourth-order valence-electron chi connectivity index (χ4n) is 2.53. The summed E-state index contributed by atoms with van der Waals surface area (Å²) in [5.74, 6) is -0.134. The van der Waals surface area contributed by atoms with Crippen molar-refractivity contribution < 1.29 is 10.0 Å². The molecule has 3 N–H and O–H groups in total. The van der Waals surface area contributed by atoms with Gasteiger partial charge in [0.15, 0.2) is 5.84 Å². The van der Waals surface area contributed by atoms with E-state index in [1.54, 1.807) is 17.0 Å². The van der Waals surface area contributed by atoms with Gasteiger partial charge in [0.2, 0.25) is 0 Å². The number of nitrogens with zero attached hydrogens (tertiary/aromatic N) is 4. The minimum absolute atomic E-state index is 0.0243. The Labute approximate surface area is 124 Å². The van der Waals surface area contributed by atoms with E-state index in [1.807, 2.05) is 7.05 Å². The maximum Gasteiger partial charge on any atom is 0.272 e. The van der Waals surface area contributed by atoms with Crippen LogP contribution in [-0.2, 0) is 0 Å². The molecule has 1 aliphatic heterocycles. The first-order valence-corrected chi connectivity index (χ1v) is 6.92. The fourth-order valence-corrected chi connectivity index (χ4v) is 2.53. The lowest BCUT2D eigenvalue weighted by atomic mass is 10.0. The number of amides is 1. The molecule has 1 unspecified atom stereocenters. The number of piperidine rings is 1. The number of oxime groups is 1. The number of hydrogen-bond donors (Lipinski definition) is 2. The molecule has 2 rings (SSSR count). The van der Waals surface area contributed by atoms with Crippen LogP contribution in [0.2, 0.25) is 0 Å².